The summed E-state index contributed by atoms with van der Waals surface area (Å²) >= 11 is 1.35. The van der Waals surface area contributed by atoms with Crippen LogP contribution in [0.4, 0.5) is 5.82 Å². The van der Waals surface area contributed by atoms with Crippen molar-refractivity contribution in [2.45, 2.75) is 50.6 Å². The Labute approximate surface area is 169 Å². The van der Waals surface area contributed by atoms with Gasteiger partial charge in [-0.1, -0.05) is 49.0 Å². The first-order chi connectivity index (χ1) is 13.5. The van der Waals surface area contributed by atoms with E-state index in [4.69, 9.17) is 0 Å². The number of hydrogen-bond donors (Lipinski definition) is 1. The van der Waals surface area contributed by atoms with Crippen LogP contribution in [0.15, 0.2) is 53.8 Å². The van der Waals surface area contributed by atoms with Gasteiger partial charge in [-0.2, -0.15) is 5.10 Å². The number of rotatable bonds is 7. The molecule has 0 unspecified atom stereocenters. The molecule has 2 aromatic heterocycles. The van der Waals surface area contributed by atoms with Crippen LogP contribution in [0.3, 0.4) is 0 Å². The number of anilines is 1. The van der Waals surface area contributed by atoms with Crippen LogP contribution in [0.1, 0.15) is 38.9 Å². The maximum Gasteiger partial charge on any atom is 0.238 e. The Kier molecular flexibility index (Phi) is 6.46. The second kappa shape index (κ2) is 9.01. The SMILES string of the molecule is CC[C@H](C)n1nccc1NC(=O)[C@@H](C)Sc1nc(C)cc(-c2ccccc2)n1. The number of aryl methyl sites for hydroxylation is 1. The van der Waals surface area contributed by atoms with Gasteiger partial charge in [0.2, 0.25) is 5.91 Å². The molecule has 6 nitrogen and oxygen atoms in total. The maximum absolute atomic E-state index is 12.7. The third-order valence-corrected chi connectivity index (χ3v) is 5.45. The van der Waals surface area contributed by atoms with Gasteiger partial charge in [0, 0.05) is 17.3 Å². The van der Waals surface area contributed by atoms with Gasteiger partial charge in [-0.15, -0.1) is 0 Å². The van der Waals surface area contributed by atoms with Crippen LogP contribution in [0.2, 0.25) is 0 Å². The molecule has 3 aromatic rings. The zero-order chi connectivity index (χ0) is 20.1. The summed E-state index contributed by atoms with van der Waals surface area (Å²) < 4.78 is 1.84. The van der Waals surface area contributed by atoms with Crippen molar-refractivity contribution in [2.75, 3.05) is 5.32 Å². The summed E-state index contributed by atoms with van der Waals surface area (Å²) in [4.78, 5) is 21.8. The third kappa shape index (κ3) is 4.78. The molecule has 146 valence electrons. The third-order valence-electron chi connectivity index (χ3n) is 4.48. The highest BCUT2D eigenvalue weighted by atomic mass is 32.2. The van der Waals surface area contributed by atoms with E-state index in [9.17, 15) is 4.79 Å². The molecule has 2 atom stereocenters. The fraction of sp³-hybridized carbons (Fsp3) is 0.333. The molecule has 0 aliphatic rings. The lowest BCUT2D eigenvalue weighted by Gasteiger charge is -2.16. The first kappa shape index (κ1) is 20.1. The molecule has 0 radical (unpaired) electrons. The molecule has 1 aromatic carbocycles. The summed E-state index contributed by atoms with van der Waals surface area (Å²) in [5.41, 5.74) is 2.77. The van der Waals surface area contributed by atoms with Gasteiger partial charge in [-0.05, 0) is 33.3 Å². The zero-order valence-corrected chi connectivity index (χ0v) is 17.4. The lowest BCUT2D eigenvalue weighted by atomic mass is 10.1. The van der Waals surface area contributed by atoms with E-state index in [-0.39, 0.29) is 17.2 Å². The number of carbonyl (C=O) groups excluding carboxylic acids is 1. The van der Waals surface area contributed by atoms with Crippen molar-refractivity contribution < 1.29 is 4.79 Å². The van der Waals surface area contributed by atoms with E-state index in [1.807, 2.05) is 61.0 Å². The molecule has 0 saturated carbocycles. The molecule has 1 amide bonds. The second-order valence-corrected chi connectivity index (χ2v) is 8.02. The van der Waals surface area contributed by atoms with Gasteiger partial charge in [-0.3, -0.25) is 4.79 Å². The molecule has 3 rings (SSSR count). The molecule has 0 fully saturated rings. The van der Waals surface area contributed by atoms with Crippen LogP contribution < -0.4 is 5.32 Å². The number of amides is 1. The lowest BCUT2D eigenvalue weighted by molar-refractivity contribution is -0.115. The first-order valence-electron chi connectivity index (χ1n) is 9.40. The van der Waals surface area contributed by atoms with Crippen LogP contribution in [0.5, 0.6) is 0 Å². The van der Waals surface area contributed by atoms with Crippen LogP contribution in [-0.2, 0) is 4.79 Å². The summed E-state index contributed by atoms with van der Waals surface area (Å²) in [7, 11) is 0. The van der Waals surface area contributed by atoms with Crippen molar-refractivity contribution in [1.29, 1.82) is 0 Å². The summed E-state index contributed by atoms with van der Waals surface area (Å²) in [6, 6.07) is 14.0. The molecule has 1 N–H and O–H groups in total. The van der Waals surface area contributed by atoms with Gasteiger partial charge < -0.3 is 5.32 Å². The number of nitrogens with zero attached hydrogens (tertiary/aromatic N) is 4. The van der Waals surface area contributed by atoms with Crippen molar-refractivity contribution in [3.63, 3.8) is 0 Å². The number of aromatic nitrogens is 4. The molecule has 28 heavy (non-hydrogen) atoms. The predicted molar refractivity (Wildman–Crippen MR) is 113 cm³/mol. The zero-order valence-electron chi connectivity index (χ0n) is 16.6. The molecule has 0 saturated heterocycles. The largest absolute Gasteiger partial charge is 0.310 e. The number of nitrogens with one attached hydrogen (secondary N) is 1. The van der Waals surface area contributed by atoms with Crippen LogP contribution in [-0.4, -0.2) is 30.9 Å². The van der Waals surface area contributed by atoms with E-state index in [0.717, 1.165) is 23.4 Å². The van der Waals surface area contributed by atoms with Crippen LogP contribution in [0, 0.1) is 6.92 Å². The molecule has 0 aliphatic carbocycles. The molecular formula is C21H25N5OS. The maximum atomic E-state index is 12.7. The van der Waals surface area contributed by atoms with Crippen molar-refractivity contribution in [2.24, 2.45) is 0 Å². The van der Waals surface area contributed by atoms with Gasteiger partial charge in [0.25, 0.3) is 0 Å². The fourth-order valence-corrected chi connectivity index (χ4v) is 3.56. The Morgan fingerprint density at radius 1 is 1.18 bits per heavy atom. The fourth-order valence-electron chi connectivity index (χ4n) is 2.73. The Bertz CT molecular complexity index is 941. The van der Waals surface area contributed by atoms with Gasteiger partial charge in [0.05, 0.1) is 23.2 Å². The monoisotopic (exact) mass is 395 g/mol. The summed E-state index contributed by atoms with van der Waals surface area (Å²) in [6.07, 6.45) is 2.64. The van der Waals surface area contributed by atoms with E-state index < -0.39 is 0 Å². The lowest BCUT2D eigenvalue weighted by Crippen LogP contribution is -2.25. The van der Waals surface area contributed by atoms with Crippen molar-refractivity contribution in [1.82, 2.24) is 19.7 Å². The predicted octanol–water partition coefficient (Wildman–Crippen LogP) is 4.74. The van der Waals surface area contributed by atoms with Crippen molar-refractivity contribution in [3.8, 4) is 11.3 Å². The van der Waals surface area contributed by atoms with Gasteiger partial charge in [-0.25, -0.2) is 14.6 Å². The Morgan fingerprint density at radius 2 is 1.93 bits per heavy atom. The van der Waals surface area contributed by atoms with E-state index in [1.54, 1.807) is 6.20 Å². The highest BCUT2D eigenvalue weighted by Gasteiger charge is 2.19. The topological polar surface area (TPSA) is 72.7 Å². The van der Waals surface area contributed by atoms with E-state index in [0.29, 0.717) is 11.0 Å². The molecule has 0 spiro atoms. The average molecular weight is 396 g/mol. The summed E-state index contributed by atoms with van der Waals surface area (Å²) in [5.74, 6) is 0.614. The number of thioether (sulfide) groups is 1. The Morgan fingerprint density at radius 3 is 2.64 bits per heavy atom. The van der Waals surface area contributed by atoms with Gasteiger partial charge in [0.15, 0.2) is 5.16 Å². The van der Waals surface area contributed by atoms with Gasteiger partial charge >= 0.3 is 0 Å². The Hall–Kier alpha value is -2.67. The van der Waals surface area contributed by atoms with E-state index >= 15 is 0 Å². The normalized spacial score (nSPS) is 13.1. The molecule has 0 bridgehead atoms. The number of hydrogen-bond acceptors (Lipinski definition) is 5. The quantitative estimate of drug-likeness (QED) is 0.462. The highest BCUT2D eigenvalue weighted by molar-refractivity contribution is 8.00. The average Bonchev–Trinajstić information content (AvgIpc) is 3.15. The molecule has 0 aliphatic heterocycles. The molecular weight excluding hydrogens is 370 g/mol. The minimum Gasteiger partial charge on any atom is -0.310 e. The van der Waals surface area contributed by atoms with Crippen molar-refractivity contribution in [3.05, 3.63) is 54.4 Å². The van der Waals surface area contributed by atoms with E-state index in [2.05, 4.69) is 34.2 Å². The molecule has 2 heterocycles. The number of carbonyl (C=O) groups is 1. The summed E-state index contributed by atoms with van der Waals surface area (Å²) in [6.45, 7) is 7.97. The standard InChI is InChI=1S/C21H25N5OS/c1-5-15(3)26-19(11-12-22-26)25-20(27)16(4)28-21-23-14(2)13-18(24-21)17-9-7-6-8-10-17/h6-13,15-16H,5H2,1-4H3,(H,25,27)/t15-,16+/m0/s1. The molecule has 7 heteroatoms. The first-order valence-corrected chi connectivity index (χ1v) is 10.3. The van der Waals surface area contributed by atoms with E-state index in [1.165, 1.54) is 11.8 Å². The smallest absolute Gasteiger partial charge is 0.238 e. The van der Waals surface area contributed by atoms with Crippen molar-refractivity contribution >= 4 is 23.5 Å². The van der Waals surface area contributed by atoms with Crippen LogP contribution >= 0.6 is 11.8 Å². The minimum absolute atomic E-state index is 0.0959. The van der Waals surface area contributed by atoms with Gasteiger partial charge in [0.1, 0.15) is 5.82 Å². The minimum atomic E-state index is -0.342. The highest BCUT2D eigenvalue weighted by Crippen LogP contribution is 2.25. The summed E-state index contributed by atoms with van der Waals surface area (Å²) in [5, 5.41) is 7.53. The number of benzene rings is 1. The van der Waals surface area contributed by atoms with Crippen LogP contribution in [0.25, 0.3) is 11.3 Å². The second-order valence-electron chi connectivity index (χ2n) is 6.71. The Balaban J connectivity index is 1.72.